The minimum Gasteiger partial charge on any atom is -0.394 e. The summed E-state index contributed by atoms with van der Waals surface area (Å²) in [5.41, 5.74) is 5.84. The van der Waals surface area contributed by atoms with E-state index in [-0.39, 0.29) is 12.1 Å². The maximum Gasteiger partial charge on any atom is 0.0611 e. The zero-order chi connectivity index (χ0) is 11.6. The average Bonchev–Trinajstić information content (AvgIpc) is 2.73. The first-order chi connectivity index (χ1) is 7.64. The van der Waals surface area contributed by atoms with Crippen LogP contribution in [0.2, 0.25) is 0 Å². The summed E-state index contributed by atoms with van der Waals surface area (Å²) >= 11 is 0. The zero-order valence-electron chi connectivity index (χ0n) is 10.5. The number of hydrogen-bond acceptors (Lipinski definition) is 3. The summed E-state index contributed by atoms with van der Waals surface area (Å²) < 4.78 is 0. The number of nitrogens with two attached hydrogens (primary N) is 1. The molecule has 3 nitrogen and oxygen atoms in total. The molecule has 2 aliphatic rings. The van der Waals surface area contributed by atoms with Gasteiger partial charge in [0.05, 0.1) is 6.61 Å². The fourth-order valence-electron chi connectivity index (χ4n) is 3.41. The van der Waals surface area contributed by atoms with Crippen LogP contribution in [0.1, 0.15) is 51.4 Å². The molecule has 2 fully saturated rings. The van der Waals surface area contributed by atoms with E-state index in [1.807, 2.05) is 0 Å². The third-order valence-corrected chi connectivity index (χ3v) is 4.66. The van der Waals surface area contributed by atoms with Crippen molar-refractivity contribution < 1.29 is 5.11 Å². The first-order valence-electron chi connectivity index (χ1n) is 6.76. The standard InChI is InChI=1S/C13H26N2O/c1-15(11-5-3-2-4-6-11)12-7-8-13(14,9-12)10-16/h11-12,16H,2-10,14H2,1H3. The normalized spacial score (nSPS) is 37.1. The quantitative estimate of drug-likeness (QED) is 0.766. The van der Waals surface area contributed by atoms with Gasteiger partial charge >= 0.3 is 0 Å². The topological polar surface area (TPSA) is 49.5 Å². The summed E-state index contributed by atoms with van der Waals surface area (Å²) in [6, 6.07) is 1.36. The number of nitrogens with zero attached hydrogens (tertiary/aromatic N) is 1. The monoisotopic (exact) mass is 226 g/mol. The number of aliphatic hydroxyl groups is 1. The van der Waals surface area contributed by atoms with Gasteiger partial charge < -0.3 is 15.7 Å². The van der Waals surface area contributed by atoms with Crippen LogP contribution in [0.25, 0.3) is 0 Å². The van der Waals surface area contributed by atoms with Crippen LogP contribution in [0.4, 0.5) is 0 Å². The van der Waals surface area contributed by atoms with Crippen LogP contribution in [-0.2, 0) is 0 Å². The Bertz CT molecular complexity index is 228. The van der Waals surface area contributed by atoms with Crippen LogP contribution in [-0.4, -0.2) is 41.3 Å². The molecule has 0 saturated heterocycles. The van der Waals surface area contributed by atoms with Gasteiger partial charge in [0.1, 0.15) is 0 Å². The summed E-state index contributed by atoms with van der Waals surface area (Å²) in [5.74, 6) is 0. The molecule has 0 aromatic carbocycles. The lowest BCUT2D eigenvalue weighted by atomic mass is 9.93. The van der Waals surface area contributed by atoms with E-state index in [4.69, 9.17) is 5.73 Å². The second kappa shape index (κ2) is 5.03. The molecular weight excluding hydrogens is 200 g/mol. The van der Waals surface area contributed by atoms with E-state index in [1.54, 1.807) is 0 Å². The van der Waals surface area contributed by atoms with Gasteiger partial charge in [-0.1, -0.05) is 19.3 Å². The van der Waals surface area contributed by atoms with Crippen molar-refractivity contribution in [3.63, 3.8) is 0 Å². The second-order valence-electron chi connectivity index (χ2n) is 5.87. The Balaban J connectivity index is 1.88. The lowest BCUT2D eigenvalue weighted by molar-refractivity contribution is 0.127. The van der Waals surface area contributed by atoms with Crippen molar-refractivity contribution in [2.75, 3.05) is 13.7 Å². The maximum atomic E-state index is 9.29. The molecule has 0 amide bonds. The molecule has 16 heavy (non-hydrogen) atoms. The fraction of sp³-hybridized carbons (Fsp3) is 1.00. The molecule has 0 aliphatic heterocycles. The molecule has 3 heteroatoms. The summed E-state index contributed by atoms with van der Waals surface area (Å²) in [4.78, 5) is 2.55. The SMILES string of the molecule is CN(C1CCCCC1)C1CCC(N)(CO)C1. The summed E-state index contributed by atoms with van der Waals surface area (Å²) in [6.07, 6.45) is 9.98. The molecule has 0 bridgehead atoms. The van der Waals surface area contributed by atoms with Crippen molar-refractivity contribution in [2.45, 2.75) is 69.0 Å². The first kappa shape index (κ1) is 12.3. The predicted molar refractivity (Wildman–Crippen MR) is 66.3 cm³/mol. The van der Waals surface area contributed by atoms with Crippen molar-refractivity contribution in [1.29, 1.82) is 0 Å². The van der Waals surface area contributed by atoms with Gasteiger partial charge in [0.2, 0.25) is 0 Å². The lowest BCUT2D eigenvalue weighted by Gasteiger charge is -2.36. The van der Waals surface area contributed by atoms with Crippen molar-refractivity contribution in [1.82, 2.24) is 4.90 Å². The Kier molecular flexibility index (Phi) is 3.88. The van der Waals surface area contributed by atoms with E-state index in [1.165, 1.54) is 32.1 Å². The molecule has 0 aromatic rings. The molecule has 0 heterocycles. The third-order valence-electron chi connectivity index (χ3n) is 4.66. The molecule has 3 N–H and O–H groups in total. The first-order valence-corrected chi connectivity index (χ1v) is 6.76. The van der Waals surface area contributed by atoms with Crippen LogP contribution in [0.15, 0.2) is 0 Å². The summed E-state index contributed by atoms with van der Waals surface area (Å²) in [7, 11) is 2.25. The number of rotatable bonds is 3. The van der Waals surface area contributed by atoms with Gasteiger partial charge in [-0.3, -0.25) is 0 Å². The van der Waals surface area contributed by atoms with E-state index < -0.39 is 0 Å². The van der Waals surface area contributed by atoms with Crippen LogP contribution in [0, 0.1) is 0 Å². The number of hydrogen-bond donors (Lipinski definition) is 2. The van der Waals surface area contributed by atoms with E-state index in [0.717, 1.165) is 25.3 Å². The van der Waals surface area contributed by atoms with Gasteiger partial charge in [-0.2, -0.15) is 0 Å². The van der Waals surface area contributed by atoms with Crippen LogP contribution in [0.5, 0.6) is 0 Å². The Hall–Kier alpha value is -0.120. The smallest absolute Gasteiger partial charge is 0.0611 e. The molecule has 94 valence electrons. The average molecular weight is 226 g/mol. The Labute approximate surface area is 99.0 Å². The Morgan fingerprint density at radius 1 is 1.19 bits per heavy atom. The molecular formula is C13H26N2O. The van der Waals surface area contributed by atoms with Gasteiger partial charge in [0, 0.05) is 17.6 Å². The largest absolute Gasteiger partial charge is 0.394 e. The van der Waals surface area contributed by atoms with E-state index in [2.05, 4.69) is 11.9 Å². The third kappa shape index (κ3) is 2.58. The highest BCUT2D eigenvalue weighted by Crippen LogP contribution is 2.33. The zero-order valence-corrected chi connectivity index (χ0v) is 10.5. The maximum absolute atomic E-state index is 9.29. The Morgan fingerprint density at radius 3 is 2.44 bits per heavy atom. The van der Waals surface area contributed by atoms with Crippen molar-refractivity contribution in [2.24, 2.45) is 5.73 Å². The van der Waals surface area contributed by atoms with Crippen molar-refractivity contribution in [3.8, 4) is 0 Å². The fourth-order valence-corrected chi connectivity index (χ4v) is 3.41. The molecule has 0 spiro atoms. The lowest BCUT2D eigenvalue weighted by Crippen LogP contribution is -2.45. The molecule has 2 atom stereocenters. The molecule has 2 aliphatic carbocycles. The van der Waals surface area contributed by atoms with Gasteiger partial charge in [-0.25, -0.2) is 0 Å². The highest BCUT2D eigenvalue weighted by molar-refractivity contribution is 4.97. The van der Waals surface area contributed by atoms with Crippen molar-refractivity contribution >= 4 is 0 Å². The summed E-state index contributed by atoms with van der Waals surface area (Å²) in [5, 5.41) is 9.29. The minimum absolute atomic E-state index is 0.141. The molecule has 2 unspecified atom stereocenters. The van der Waals surface area contributed by atoms with Crippen LogP contribution < -0.4 is 5.73 Å². The molecule has 2 saturated carbocycles. The van der Waals surface area contributed by atoms with E-state index in [9.17, 15) is 5.11 Å². The van der Waals surface area contributed by atoms with Gasteiger partial charge in [-0.15, -0.1) is 0 Å². The van der Waals surface area contributed by atoms with Crippen LogP contribution >= 0.6 is 0 Å². The van der Waals surface area contributed by atoms with E-state index >= 15 is 0 Å². The van der Waals surface area contributed by atoms with Crippen molar-refractivity contribution in [3.05, 3.63) is 0 Å². The second-order valence-corrected chi connectivity index (χ2v) is 5.87. The van der Waals surface area contributed by atoms with Gasteiger partial charge in [-0.05, 0) is 39.2 Å². The number of aliphatic hydroxyl groups excluding tert-OH is 1. The Morgan fingerprint density at radius 2 is 1.88 bits per heavy atom. The van der Waals surface area contributed by atoms with Crippen LogP contribution in [0.3, 0.4) is 0 Å². The molecule has 2 rings (SSSR count). The molecule has 0 aromatic heterocycles. The highest BCUT2D eigenvalue weighted by Gasteiger charge is 2.38. The van der Waals surface area contributed by atoms with E-state index in [0.29, 0.717) is 6.04 Å². The summed E-state index contributed by atoms with van der Waals surface area (Å²) in [6.45, 7) is 0.141. The highest BCUT2D eigenvalue weighted by atomic mass is 16.3. The molecule has 0 radical (unpaired) electrons. The van der Waals surface area contributed by atoms with Gasteiger partial charge in [0.25, 0.3) is 0 Å². The minimum atomic E-state index is -0.298. The van der Waals surface area contributed by atoms with Gasteiger partial charge in [0.15, 0.2) is 0 Å². The predicted octanol–water partition coefficient (Wildman–Crippen LogP) is 1.49.